The van der Waals surface area contributed by atoms with Crippen molar-refractivity contribution in [1.82, 2.24) is 10.2 Å². The summed E-state index contributed by atoms with van der Waals surface area (Å²) < 4.78 is 0. The highest BCUT2D eigenvalue weighted by Gasteiger charge is 2.59. The number of ketones is 1. The largest absolute Gasteiger partial charge is 0.435 e. The normalized spacial score (nSPS) is 40.2. The number of nitrogens with zero attached hydrogens (tertiary/aromatic N) is 2. The Morgan fingerprint density at radius 3 is 2.61 bits per heavy atom. The third-order valence-corrected chi connectivity index (χ3v) is 11.8. The monoisotopic (exact) mass is 525 g/mol. The number of hydrogen-bond donors (Lipinski definition) is 1. The highest BCUT2D eigenvalue weighted by Crippen LogP contribution is 2.66. The standard InChI is InChI=1S/C32H51N3O3/c1-7-35(17-14-23-19-30(3,4)20-33-23)29(37)38-34-21(2)26-10-11-27-25-9-8-22-18-24(36)12-15-31(22,5)28(25)13-16-32(26,27)6/h18,23,25-28,33H,7-17,19-20H2,1-6H3/b34-21+/t23?,25-,26+,27-,28-,31-,32+/m0/s1. The van der Waals surface area contributed by atoms with Crippen LogP contribution in [-0.2, 0) is 9.63 Å². The van der Waals surface area contributed by atoms with Gasteiger partial charge in [-0.15, -0.1) is 0 Å². The van der Waals surface area contributed by atoms with Gasteiger partial charge >= 0.3 is 6.09 Å². The molecule has 212 valence electrons. The highest BCUT2D eigenvalue weighted by atomic mass is 16.7. The van der Waals surface area contributed by atoms with Crippen LogP contribution in [0.5, 0.6) is 0 Å². The minimum Gasteiger partial charge on any atom is -0.313 e. The van der Waals surface area contributed by atoms with Gasteiger partial charge in [-0.1, -0.05) is 38.4 Å². The van der Waals surface area contributed by atoms with Crippen molar-refractivity contribution < 1.29 is 14.4 Å². The number of nitrogens with one attached hydrogen (secondary N) is 1. The van der Waals surface area contributed by atoms with E-state index in [1.807, 2.05) is 13.0 Å². The van der Waals surface area contributed by atoms with E-state index in [4.69, 9.17) is 4.84 Å². The number of carbonyl (C=O) groups is 2. The summed E-state index contributed by atoms with van der Waals surface area (Å²) in [4.78, 5) is 32.4. The van der Waals surface area contributed by atoms with Crippen LogP contribution in [0.3, 0.4) is 0 Å². The summed E-state index contributed by atoms with van der Waals surface area (Å²) in [6.45, 7) is 16.0. The molecule has 0 aromatic rings. The number of rotatable bonds is 6. The van der Waals surface area contributed by atoms with Crippen molar-refractivity contribution in [3.63, 3.8) is 0 Å². The lowest BCUT2D eigenvalue weighted by molar-refractivity contribution is -0.117. The Bertz CT molecular complexity index is 1000. The summed E-state index contributed by atoms with van der Waals surface area (Å²) in [7, 11) is 0. The van der Waals surface area contributed by atoms with Crippen LogP contribution in [0.25, 0.3) is 0 Å². The molecular formula is C32H51N3O3. The Balaban J connectivity index is 1.21. The van der Waals surface area contributed by atoms with E-state index in [0.717, 1.165) is 56.7 Å². The molecule has 1 aliphatic heterocycles. The molecule has 1 heterocycles. The smallest absolute Gasteiger partial charge is 0.313 e. The van der Waals surface area contributed by atoms with Crippen LogP contribution in [0.4, 0.5) is 4.79 Å². The lowest BCUT2D eigenvalue weighted by atomic mass is 9.46. The molecule has 0 spiro atoms. The van der Waals surface area contributed by atoms with Crippen LogP contribution in [0.1, 0.15) is 106 Å². The maximum absolute atomic E-state index is 12.9. The van der Waals surface area contributed by atoms with E-state index in [2.05, 4.69) is 45.1 Å². The van der Waals surface area contributed by atoms with Crippen molar-refractivity contribution >= 4 is 17.6 Å². The average Bonchev–Trinajstić information content (AvgIpc) is 3.41. The molecule has 4 aliphatic carbocycles. The van der Waals surface area contributed by atoms with Crippen LogP contribution < -0.4 is 5.32 Å². The van der Waals surface area contributed by atoms with E-state index >= 15 is 0 Å². The molecule has 6 nitrogen and oxygen atoms in total. The first-order chi connectivity index (χ1) is 18.0. The van der Waals surface area contributed by atoms with Crippen LogP contribution in [0, 0.1) is 39.9 Å². The first-order valence-corrected chi connectivity index (χ1v) is 15.4. The number of carbonyl (C=O) groups excluding carboxylic acids is 2. The fourth-order valence-electron chi connectivity index (χ4n) is 9.60. The first kappa shape index (κ1) is 27.9. The van der Waals surface area contributed by atoms with Gasteiger partial charge < -0.3 is 10.2 Å². The zero-order chi connectivity index (χ0) is 27.3. The van der Waals surface area contributed by atoms with Gasteiger partial charge in [-0.25, -0.2) is 4.79 Å². The molecule has 6 heteroatoms. The first-order valence-electron chi connectivity index (χ1n) is 15.4. The maximum Gasteiger partial charge on any atom is 0.435 e. The SMILES string of the molecule is CCN(CCC1CC(C)(C)CN1)C(=O)O/N=C(\C)[C@H]1CC[C@H]2[C@@H]3CCC4=CC(=O)CC[C@]4(C)[C@H]3CC[C@]12C. The van der Waals surface area contributed by atoms with Crippen molar-refractivity contribution in [1.29, 1.82) is 0 Å². The molecule has 1 N–H and O–H groups in total. The van der Waals surface area contributed by atoms with E-state index in [1.54, 1.807) is 4.90 Å². The molecule has 0 bridgehead atoms. The molecule has 38 heavy (non-hydrogen) atoms. The number of fused-ring (bicyclic) bond motifs is 5. The van der Waals surface area contributed by atoms with Gasteiger partial charge in [-0.2, -0.15) is 0 Å². The molecule has 1 unspecified atom stereocenters. The van der Waals surface area contributed by atoms with Gasteiger partial charge in [0, 0.05) is 38.0 Å². The molecule has 7 atom stereocenters. The molecule has 0 aromatic carbocycles. The van der Waals surface area contributed by atoms with Crippen molar-refractivity contribution in [3.8, 4) is 0 Å². The summed E-state index contributed by atoms with van der Waals surface area (Å²) >= 11 is 0. The molecule has 0 aromatic heterocycles. The minimum atomic E-state index is -0.320. The molecule has 5 aliphatic rings. The average molecular weight is 526 g/mol. The zero-order valence-corrected chi connectivity index (χ0v) is 24.8. The minimum absolute atomic E-state index is 0.211. The summed E-state index contributed by atoms with van der Waals surface area (Å²) in [6, 6.07) is 0.463. The Labute approximate surface area is 230 Å². The highest BCUT2D eigenvalue weighted by molar-refractivity contribution is 5.91. The summed E-state index contributed by atoms with van der Waals surface area (Å²) in [6.07, 6.45) is 12.6. The molecular weight excluding hydrogens is 474 g/mol. The summed E-state index contributed by atoms with van der Waals surface area (Å²) in [5.74, 6) is 2.83. The maximum atomic E-state index is 12.9. The van der Waals surface area contributed by atoms with Gasteiger partial charge in [0.2, 0.25) is 0 Å². The van der Waals surface area contributed by atoms with E-state index in [1.165, 1.54) is 31.3 Å². The Morgan fingerprint density at radius 2 is 1.89 bits per heavy atom. The van der Waals surface area contributed by atoms with Crippen LogP contribution in [-0.4, -0.2) is 48.2 Å². The summed E-state index contributed by atoms with van der Waals surface area (Å²) in [5.41, 5.74) is 3.19. The quantitative estimate of drug-likeness (QED) is 0.237. The van der Waals surface area contributed by atoms with E-state index < -0.39 is 0 Å². The van der Waals surface area contributed by atoms with Gasteiger partial charge in [0.25, 0.3) is 0 Å². The second kappa shape index (κ2) is 10.4. The lowest BCUT2D eigenvalue weighted by Gasteiger charge is -2.58. The van der Waals surface area contributed by atoms with Gasteiger partial charge in [0.05, 0.1) is 5.71 Å². The van der Waals surface area contributed by atoms with Gasteiger partial charge in [0.1, 0.15) is 0 Å². The van der Waals surface area contributed by atoms with Crippen LogP contribution in [0.2, 0.25) is 0 Å². The number of hydrogen-bond acceptors (Lipinski definition) is 5. The van der Waals surface area contributed by atoms with Crippen molar-refractivity contribution in [2.75, 3.05) is 19.6 Å². The third-order valence-electron chi connectivity index (χ3n) is 11.8. The van der Waals surface area contributed by atoms with E-state index in [0.29, 0.717) is 48.1 Å². The second-order valence-corrected chi connectivity index (χ2v) is 14.5. The predicted octanol–water partition coefficient (Wildman–Crippen LogP) is 6.75. The number of amides is 1. The summed E-state index contributed by atoms with van der Waals surface area (Å²) in [5, 5.41) is 8.07. The molecule has 4 fully saturated rings. The predicted molar refractivity (Wildman–Crippen MR) is 152 cm³/mol. The number of allylic oxidation sites excluding steroid dienone is 1. The molecule has 1 saturated heterocycles. The fourth-order valence-corrected chi connectivity index (χ4v) is 9.60. The van der Waals surface area contributed by atoms with Gasteiger partial charge in [0.15, 0.2) is 5.78 Å². The van der Waals surface area contributed by atoms with Gasteiger partial charge in [-0.3, -0.25) is 9.63 Å². The second-order valence-electron chi connectivity index (χ2n) is 14.5. The van der Waals surface area contributed by atoms with Crippen LogP contribution >= 0.6 is 0 Å². The van der Waals surface area contributed by atoms with E-state index in [9.17, 15) is 9.59 Å². The lowest BCUT2D eigenvalue weighted by Crippen LogP contribution is -2.51. The molecule has 3 saturated carbocycles. The van der Waals surface area contributed by atoms with Crippen molar-refractivity contribution in [2.45, 2.75) is 112 Å². The third kappa shape index (κ3) is 4.99. The Hall–Kier alpha value is -1.69. The number of oxime groups is 1. The molecule has 0 radical (unpaired) electrons. The van der Waals surface area contributed by atoms with Crippen LogP contribution in [0.15, 0.2) is 16.8 Å². The molecule has 1 amide bonds. The van der Waals surface area contributed by atoms with Gasteiger partial charge in [-0.05, 0) is 112 Å². The topological polar surface area (TPSA) is 71.0 Å². The Morgan fingerprint density at radius 1 is 1.11 bits per heavy atom. The van der Waals surface area contributed by atoms with Crippen molar-refractivity contribution in [2.24, 2.45) is 45.1 Å². The molecule has 5 rings (SSSR count). The van der Waals surface area contributed by atoms with Crippen molar-refractivity contribution in [3.05, 3.63) is 11.6 Å². The zero-order valence-electron chi connectivity index (χ0n) is 24.8. The Kier molecular flexibility index (Phi) is 7.60. The van der Waals surface area contributed by atoms with E-state index in [-0.39, 0.29) is 16.9 Å². The fraction of sp³-hybridized carbons (Fsp3) is 0.844.